The third kappa shape index (κ3) is 5.36. The van der Waals surface area contributed by atoms with Crippen molar-refractivity contribution in [2.24, 2.45) is 11.7 Å². The van der Waals surface area contributed by atoms with Crippen LogP contribution in [-0.4, -0.2) is 44.6 Å². The maximum atomic E-state index is 13.7. The number of carbonyl (C=O) groups excluding carboxylic acids is 1. The number of hydrogen-bond donors (Lipinski definition) is 3. The number of anilines is 2. The van der Waals surface area contributed by atoms with Gasteiger partial charge >= 0.3 is 0 Å². The number of amides is 1. The van der Waals surface area contributed by atoms with Crippen molar-refractivity contribution in [1.82, 2.24) is 24.8 Å². The molecule has 1 amide bonds. The van der Waals surface area contributed by atoms with Crippen LogP contribution in [0.1, 0.15) is 51.5 Å². The Labute approximate surface area is 263 Å². The maximum Gasteiger partial charge on any atom is 0.230 e. The molecule has 0 unspecified atom stereocenters. The molecule has 45 heavy (non-hydrogen) atoms. The van der Waals surface area contributed by atoms with E-state index in [0.29, 0.717) is 17.3 Å². The predicted molar refractivity (Wildman–Crippen MR) is 180 cm³/mol. The molecule has 0 spiro atoms. The fraction of sp³-hybridized carbons (Fsp3) is 0.333. The first-order valence-corrected chi connectivity index (χ1v) is 16.0. The van der Waals surface area contributed by atoms with Crippen LogP contribution < -0.4 is 21.7 Å². The number of piperidine rings is 1. The molecule has 4 heterocycles. The highest BCUT2D eigenvalue weighted by Gasteiger charge is 2.34. The van der Waals surface area contributed by atoms with Gasteiger partial charge in [0.2, 0.25) is 5.91 Å². The minimum atomic E-state index is -0.248. The first-order valence-electron chi connectivity index (χ1n) is 16.0. The SMILES string of the molecule is CC(C)N(C(=O)C1CCNCC1)c1cccc(-c2ccc3nc(-c4cccnc4N)n(-c4ccc(C5(N)CCC5)cc4)c3n2)c1. The number of aromatic nitrogens is 4. The second kappa shape index (κ2) is 11.7. The first-order chi connectivity index (χ1) is 21.8. The monoisotopic (exact) mass is 600 g/mol. The number of hydrogen-bond acceptors (Lipinski definition) is 7. The first kappa shape index (κ1) is 29.1. The van der Waals surface area contributed by atoms with Gasteiger partial charge in [-0.1, -0.05) is 24.3 Å². The molecule has 7 rings (SSSR count). The molecule has 2 aliphatic rings. The normalized spacial score (nSPS) is 16.5. The smallest absolute Gasteiger partial charge is 0.230 e. The van der Waals surface area contributed by atoms with Crippen molar-refractivity contribution < 1.29 is 4.79 Å². The number of nitrogen functional groups attached to an aromatic ring is 1. The molecule has 1 saturated carbocycles. The Balaban J connectivity index is 1.32. The van der Waals surface area contributed by atoms with Crippen LogP contribution in [0.4, 0.5) is 11.5 Å². The molecular weight excluding hydrogens is 560 g/mol. The highest BCUT2D eigenvalue weighted by atomic mass is 16.2. The molecule has 2 fully saturated rings. The molecule has 5 aromatic rings. The number of nitrogens with two attached hydrogens (primary N) is 2. The average molecular weight is 601 g/mol. The van der Waals surface area contributed by atoms with E-state index in [1.165, 1.54) is 0 Å². The largest absolute Gasteiger partial charge is 0.383 e. The third-order valence-corrected chi connectivity index (χ3v) is 9.39. The van der Waals surface area contributed by atoms with Crippen molar-refractivity contribution in [2.75, 3.05) is 23.7 Å². The minimum Gasteiger partial charge on any atom is -0.383 e. The number of nitrogens with zero attached hydrogens (tertiary/aromatic N) is 5. The summed E-state index contributed by atoms with van der Waals surface area (Å²) in [6.45, 7) is 5.90. The van der Waals surface area contributed by atoms with Crippen molar-refractivity contribution in [2.45, 2.75) is 57.5 Å². The lowest BCUT2D eigenvalue weighted by Gasteiger charge is -2.38. The molecule has 2 aromatic carbocycles. The predicted octanol–water partition coefficient (Wildman–Crippen LogP) is 5.81. The third-order valence-electron chi connectivity index (χ3n) is 9.39. The van der Waals surface area contributed by atoms with Crippen LogP contribution in [0.2, 0.25) is 0 Å². The molecule has 1 aliphatic heterocycles. The van der Waals surface area contributed by atoms with Crippen molar-refractivity contribution in [3.8, 4) is 28.3 Å². The van der Waals surface area contributed by atoms with Crippen LogP contribution in [-0.2, 0) is 10.3 Å². The van der Waals surface area contributed by atoms with Crippen LogP contribution >= 0.6 is 0 Å². The van der Waals surface area contributed by atoms with Gasteiger partial charge in [0.25, 0.3) is 0 Å². The van der Waals surface area contributed by atoms with Gasteiger partial charge in [0, 0.05) is 40.6 Å². The van der Waals surface area contributed by atoms with Crippen LogP contribution in [0.15, 0.2) is 79.0 Å². The number of benzene rings is 2. The van der Waals surface area contributed by atoms with Gasteiger partial charge < -0.3 is 21.7 Å². The fourth-order valence-electron chi connectivity index (χ4n) is 6.70. The molecular formula is C36H40N8O. The second-order valence-corrected chi connectivity index (χ2v) is 12.7. The van der Waals surface area contributed by atoms with Gasteiger partial charge in [-0.2, -0.15) is 0 Å². The highest BCUT2D eigenvalue weighted by molar-refractivity contribution is 5.96. The number of nitrogens with one attached hydrogen (secondary N) is 1. The maximum absolute atomic E-state index is 13.7. The lowest BCUT2D eigenvalue weighted by Crippen LogP contribution is -2.44. The minimum absolute atomic E-state index is 0.0302. The Morgan fingerprint density at radius 2 is 1.78 bits per heavy atom. The number of carbonyl (C=O) groups is 1. The summed E-state index contributed by atoms with van der Waals surface area (Å²) >= 11 is 0. The Kier molecular flexibility index (Phi) is 7.59. The summed E-state index contributed by atoms with van der Waals surface area (Å²) in [5, 5.41) is 3.37. The molecule has 9 heteroatoms. The van der Waals surface area contributed by atoms with E-state index < -0.39 is 0 Å². The van der Waals surface area contributed by atoms with Gasteiger partial charge in [0.15, 0.2) is 11.5 Å². The summed E-state index contributed by atoms with van der Waals surface area (Å²) < 4.78 is 2.05. The quantitative estimate of drug-likeness (QED) is 0.215. The van der Waals surface area contributed by atoms with Crippen molar-refractivity contribution in [3.05, 3.63) is 84.6 Å². The van der Waals surface area contributed by atoms with Crippen LogP contribution in [0.3, 0.4) is 0 Å². The van der Waals surface area contributed by atoms with E-state index in [2.05, 4.69) is 54.5 Å². The molecule has 1 aliphatic carbocycles. The van der Waals surface area contributed by atoms with E-state index in [4.69, 9.17) is 21.4 Å². The summed E-state index contributed by atoms with van der Waals surface area (Å²) in [5.74, 6) is 1.30. The molecule has 0 bridgehead atoms. The van der Waals surface area contributed by atoms with E-state index in [-0.39, 0.29) is 23.4 Å². The average Bonchev–Trinajstić information content (AvgIpc) is 3.43. The summed E-state index contributed by atoms with van der Waals surface area (Å²) in [6.07, 6.45) is 6.56. The van der Waals surface area contributed by atoms with Crippen molar-refractivity contribution in [1.29, 1.82) is 0 Å². The number of rotatable bonds is 7. The standard InChI is InChI=1S/C36H40N8O/c1-23(2)43(35(45)24-15-20-39-21-16-24)28-7-3-6-25(22-28)30-13-14-31-34(41-30)44(33(42-31)29-8-4-19-40-32(29)37)27-11-9-26(10-12-27)36(38)17-5-18-36/h3-4,6-14,19,22-24,39H,5,15-18,20-21,38H2,1-2H3,(H2,37,40). The van der Waals surface area contributed by atoms with Crippen LogP contribution in [0.5, 0.6) is 0 Å². The zero-order valence-corrected chi connectivity index (χ0v) is 25.9. The van der Waals surface area contributed by atoms with E-state index in [9.17, 15) is 4.79 Å². The zero-order chi connectivity index (χ0) is 31.1. The highest BCUT2D eigenvalue weighted by Crippen LogP contribution is 2.39. The Bertz CT molecular complexity index is 1850. The van der Waals surface area contributed by atoms with Gasteiger partial charge in [-0.15, -0.1) is 0 Å². The molecule has 1 saturated heterocycles. The molecule has 3 aromatic heterocycles. The Morgan fingerprint density at radius 3 is 2.47 bits per heavy atom. The van der Waals surface area contributed by atoms with Crippen LogP contribution in [0, 0.1) is 5.92 Å². The topological polar surface area (TPSA) is 128 Å². The van der Waals surface area contributed by atoms with E-state index in [0.717, 1.165) is 84.5 Å². The van der Waals surface area contributed by atoms with Gasteiger partial charge in [-0.05, 0) is 113 Å². The molecule has 5 N–H and O–H groups in total. The number of fused-ring (bicyclic) bond motifs is 1. The Morgan fingerprint density at radius 1 is 1.00 bits per heavy atom. The molecule has 0 radical (unpaired) electrons. The van der Waals surface area contributed by atoms with Gasteiger partial charge in [-0.3, -0.25) is 9.36 Å². The Hall–Kier alpha value is -4.60. The summed E-state index contributed by atoms with van der Waals surface area (Å²) in [4.78, 5) is 30.1. The zero-order valence-electron chi connectivity index (χ0n) is 25.9. The summed E-state index contributed by atoms with van der Waals surface area (Å²) in [7, 11) is 0. The van der Waals surface area contributed by atoms with Crippen molar-refractivity contribution >= 4 is 28.6 Å². The number of imidazole rings is 1. The van der Waals surface area contributed by atoms with Gasteiger partial charge in [0.1, 0.15) is 11.3 Å². The van der Waals surface area contributed by atoms with E-state index >= 15 is 0 Å². The van der Waals surface area contributed by atoms with Crippen LogP contribution in [0.25, 0.3) is 39.5 Å². The van der Waals surface area contributed by atoms with E-state index in [1.54, 1.807) is 6.20 Å². The van der Waals surface area contributed by atoms with E-state index in [1.807, 2.05) is 51.9 Å². The summed E-state index contributed by atoms with van der Waals surface area (Å²) in [5.41, 5.74) is 19.6. The fourth-order valence-corrected chi connectivity index (χ4v) is 6.70. The lowest BCUT2D eigenvalue weighted by atomic mass is 9.73. The summed E-state index contributed by atoms with van der Waals surface area (Å²) in [6, 6.07) is 24.3. The second-order valence-electron chi connectivity index (χ2n) is 12.7. The van der Waals surface area contributed by atoms with Gasteiger partial charge in [-0.25, -0.2) is 15.0 Å². The van der Waals surface area contributed by atoms with Gasteiger partial charge in [0.05, 0.1) is 11.3 Å². The number of pyridine rings is 2. The molecule has 0 atom stereocenters. The van der Waals surface area contributed by atoms with Crippen molar-refractivity contribution in [3.63, 3.8) is 0 Å². The lowest BCUT2D eigenvalue weighted by molar-refractivity contribution is -0.123. The molecule has 9 nitrogen and oxygen atoms in total. The molecule has 230 valence electrons.